The van der Waals surface area contributed by atoms with Crippen molar-refractivity contribution in [1.82, 2.24) is 4.90 Å². The minimum atomic E-state index is -3.46. The maximum absolute atomic E-state index is 13.2. The average molecular weight is 517 g/mol. The van der Waals surface area contributed by atoms with Gasteiger partial charge in [0.25, 0.3) is 0 Å². The van der Waals surface area contributed by atoms with E-state index in [1.807, 2.05) is 49.4 Å². The first-order valence-electron chi connectivity index (χ1n) is 12.8. The third-order valence-electron chi connectivity index (χ3n) is 6.76. The van der Waals surface area contributed by atoms with Crippen molar-refractivity contribution >= 4 is 38.7 Å². The van der Waals surface area contributed by atoms with Crippen LogP contribution >= 0.6 is 0 Å². The molecular weight excluding hydrogens is 484 g/mol. The number of sulfonamides is 1. The van der Waals surface area contributed by atoms with Gasteiger partial charge in [0.2, 0.25) is 15.9 Å². The highest BCUT2D eigenvalue weighted by molar-refractivity contribution is 7.92. The topological polar surface area (TPSA) is 90.9 Å². The number of likely N-dealkylation sites (tertiary alicyclic amines) is 1. The molecule has 0 saturated carbocycles. The molecule has 1 saturated heterocycles. The standard InChI is InChI=1S/C29H32N4O3S/c1-2-18-37(35,36)32-24-14-15-26-25(19-24)27(29(34)31-26)28(22-8-4-3-5-9-22)30-23-12-10-21(11-13-23)20-33-16-6-7-17-33/h3-5,8-15,19,27,32H,2,6-7,16-18,20H2,1H3,(H,31,34). The van der Waals surface area contributed by atoms with Crippen molar-refractivity contribution in [1.29, 1.82) is 0 Å². The fourth-order valence-corrected chi connectivity index (χ4v) is 6.14. The van der Waals surface area contributed by atoms with Crippen LogP contribution in [0.1, 0.15) is 48.8 Å². The second kappa shape index (κ2) is 10.9. The molecule has 5 rings (SSSR count). The number of nitrogens with one attached hydrogen (secondary N) is 2. The molecule has 1 unspecified atom stereocenters. The van der Waals surface area contributed by atoms with Crippen LogP contribution in [0.2, 0.25) is 0 Å². The molecule has 2 heterocycles. The fourth-order valence-electron chi connectivity index (χ4n) is 5.01. The summed E-state index contributed by atoms with van der Waals surface area (Å²) in [5.74, 6) is -0.816. The summed E-state index contributed by atoms with van der Waals surface area (Å²) < 4.78 is 27.4. The quantitative estimate of drug-likeness (QED) is 0.378. The highest BCUT2D eigenvalue weighted by Gasteiger charge is 2.36. The number of nitrogens with zero attached hydrogens (tertiary/aromatic N) is 2. The Balaban J connectivity index is 1.50. The van der Waals surface area contributed by atoms with Crippen molar-refractivity contribution in [2.75, 3.05) is 28.9 Å². The summed E-state index contributed by atoms with van der Waals surface area (Å²) in [5.41, 5.74) is 5.28. The number of hydrogen-bond acceptors (Lipinski definition) is 5. The molecule has 0 aliphatic carbocycles. The van der Waals surface area contributed by atoms with Gasteiger partial charge >= 0.3 is 0 Å². The zero-order chi connectivity index (χ0) is 25.8. The maximum atomic E-state index is 13.2. The van der Waals surface area contributed by atoms with Crippen molar-refractivity contribution in [3.63, 3.8) is 0 Å². The van der Waals surface area contributed by atoms with E-state index in [0.717, 1.165) is 30.9 Å². The van der Waals surface area contributed by atoms with Gasteiger partial charge in [-0.15, -0.1) is 0 Å². The van der Waals surface area contributed by atoms with Crippen LogP contribution in [0.5, 0.6) is 0 Å². The summed E-state index contributed by atoms with van der Waals surface area (Å²) in [5, 5.41) is 2.95. The van der Waals surface area contributed by atoms with Gasteiger partial charge in [0.05, 0.1) is 17.2 Å². The van der Waals surface area contributed by atoms with Gasteiger partial charge in [-0.05, 0) is 79.4 Å². The van der Waals surface area contributed by atoms with E-state index in [4.69, 9.17) is 4.99 Å². The van der Waals surface area contributed by atoms with E-state index >= 15 is 0 Å². The van der Waals surface area contributed by atoms with E-state index in [2.05, 4.69) is 27.1 Å². The van der Waals surface area contributed by atoms with Crippen molar-refractivity contribution in [3.8, 4) is 0 Å². The molecule has 8 heteroatoms. The lowest BCUT2D eigenvalue weighted by Gasteiger charge is -2.16. The van der Waals surface area contributed by atoms with E-state index in [-0.39, 0.29) is 11.7 Å². The molecule has 0 aromatic heterocycles. The number of anilines is 2. The molecule has 7 nitrogen and oxygen atoms in total. The molecule has 0 spiro atoms. The van der Waals surface area contributed by atoms with Crippen molar-refractivity contribution in [2.45, 2.75) is 38.6 Å². The van der Waals surface area contributed by atoms with Gasteiger partial charge in [0.1, 0.15) is 5.92 Å². The second-order valence-electron chi connectivity index (χ2n) is 9.66. The van der Waals surface area contributed by atoms with E-state index < -0.39 is 15.9 Å². The van der Waals surface area contributed by atoms with E-state index in [0.29, 0.717) is 29.1 Å². The van der Waals surface area contributed by atoms with Crippen LogP contribution in [0.15, 0.2) is 77.8 Å². The number of hydrogen-bond donors (Lipinski definition) is 2. The number of carbonyl (C=O) groups is 1. The predicted octanol–water partition coefficient (Wildman–Crippen LogP) is 5.29. The smallest absolute Gasteiger partial charge is 0.238 e. The highest BCUT2D eigenvalue weighted by atomic mass is 32.2. The molecule has 192 valence electrons. The van der Waals surface area contributed by atoms with Crippen LogP contribution in [-0.4, -0.2) is 43.8 Å². The Bertz CT molecular complexity index is 1400. The van der Waals surface area contributed by atoms with E-state index in [9.17, 15) is 13.2 Å². The average Bonchev–Trinajstić information content (AvgIpc) is 3.50. The Morgan fingerprint density at radius 3 is 2.46 bits per heavy atom. The Kier molecular flexibility index (Phi) is 7.39. The predicted molar refractivity (Wildman–Crippen MR) is 149 cm³/mol. The maximum Gasteiger partial charge on any atom is 0.238 e. The van der Waals surface area contributed by atoms with Crippen molar-refractivity contribution in [2.24, 2.45) is 4.99 Å². The van der Waals surface area contributed by atoms with Gasteiger partial charge in [0, 0.05) is 17.9 Å². The van der Waals surface area contributed by atoms with Crippen LogP contribution in [0.3, 0.4) is 0 Å². The molecule has 1 amide bonds. The zero-order valence-corrected chi connectivity index (χ0v) is 21.8. The minimum Gasteiger partial charge on any atom is -0.325 e. The molecular formula is C29H32N4O3S. The van der Waals surface area contributed by atoms with Crippen LogP contribution in [0.25, 0.3) is 0 Å². The van der Waals surface area contributed by atoms with Crippen LogP contribution in [0, 0.1) is 0 Å². The third kappa shape index (κ3) is 5.92. The fraction of sp³-hybridized carbons (Fsp3) is 0.310. The summed E-state index contributed by atoms with van der Waals surface area (Å²) in [6.07, 6.45) is 3.04. The lowest BCUT2D eigenvalue weighted by molar-refractivity contribution is -0.115. The Morgan fingerprint density at radius 1 is 1.03 bits per heavy atom. The Morgan fingerprint density at radius 2 is 1.76 bits per heavy atom. The summed E-state index contributed by atoms with van der Waals surface area (Å²) >= 11 is 0. The summed E-state index contributed by atoms with van der Waals surface area (Å²) in [7, 11) is -3.46. The summed E-state index contributed by atoms with van der Waals surface area (Å²) in [6, 6.07) is 23.0. The number of carbonyl (C=O) groups excluding carboxylic acids is 1. The molecule has 2 aliphatic rings. The minimum absolute atomic E-state index is 0.0369. The normalized spacial score (nSPS) is 18.0. The number of benzene rings is 3. The SMILES string of the molecule is CCCS(=O)(=O)Nc1ccc2c(c1)C(C(=Nc1ccc(CN3CCCC3)cc1)c1ccccc1)C(=O)N2. The van der Waals surface area contributed by atoms with Crippen molar-refractivity contribution in [3.05, 3.63) is 89.5 Å². The molecule has 2 aliphatic heterocycles. The molecule has 37 heavy (non-hydrogen) atoms. The van der Waals surface area contributed by atoms with Crippen LogP contribution < -0.4 is 10.0 Å². The van der Waals surface area contributed by atoms with Gasteiger partial charge in [-0.1, -0.05) is 49.4 Å². The lowest BCUT2D eigenvalue weighted by atomic mass is 9.90. The highest BCUT2D eigenvalue weighted by Crippen LogP contribution is 2.38. The van der Waals surface area contributed by atoms with E-state index in [1.54, 1.807) is 18.2 Å². The van der Waals surface area contributed by atoms with Crippen LogP contribution in [-0.2, 0) is 21.4 Å². The molecule has 0 bridgehead atoms. The Labute approximate surface area is 218 Å². The van der Waals surface area contributed by atoms with Crippen molar-refractivity contribution < 1.29 is 13.2 Å². The van der Waals surface area contributed by atoms with Gasteiger partial charge in [-0.2, -0.15) is 0 Å². The number of fused-ring (bicyclic) bond motifs is 1. The lowest BCUT2D eigenvalue weighted by Crippen LogP contribution is -2.22. The second-order valence-corrected chi connectivity index (χ2v) is 11.5. The first kappa shape index (κ1) is 25.2. The molecule has 3 aromatic carbocycles. The number of aliphatic imine (C=N–C) groups is 1. The monoisotopic (exact) mass is 516 g/mol. The van der Waals surface area contributed by atoms with E-state index in [1.165, 1.54) is 18.4 Å². The molecule has 1 fully saturated rings. The molecule has 2 N–H and O–H groups in total. The molecule has 1 atom stereocenters. The van der Waals surface area contributed by atoms with Gasteiger partial charge in [0.15, 0.2) is 0 Å². The van der Waals surface area contributed by atoms with Gasteiger partial charge in [-0.3, -0.25) is 19.4 Å². The molecule has 3 aromatic rings. The van der Waals surface area contributed by atoms with Gasteiger partial charge in [-0.25, -0.2) is 8.42 Å². The van der Waals surface area contributed by atoms with Gasteiger partial charge < -0.3 is 5.32 Å². The number of rotatable bonds is 9. The first-order chi connectivity index (χ1) is 17.9. The zero-order valence-electron chi connectivity index (χ0n) is 21.0. The largest absolute Gasteiger partial charge is 0.325 e. The molecule has 0 radical (unpaired) electrons. The van der Waals surface area contributed by atoms with Crippen LogP contribution in [0.4, 0.5) is 17.1 Å². The third-order valence-corrected chi connectivity index (χ3v) is 8.25. The summed E-state index contributed by atoms with van der Waals surface area (Å²) in [4.78, 5) is 20.7. The number of amides is 1. The summed E-state index contributed by atoms with van der Waals surface area (Å²) in [6.45, 7) is 5.04. The first-order valence-corrected chi connectivity index (χ1v) is 14.5. The Hall–Kier alpha value is -3.49.